The normalized spacial score (nSPS) is 14.1. The minimum absolute atomic E-state index is 0.661. The third kappa shape index (κ3) is 5.82. The SMILES string of the molecule is c1ccc(-c2ccccc2N(c2ccccc2)c2cccc3c2C2(c4ccccc4-3)c3ccccc3-c3c(N(c4ccccc4)c4ccc5c6ccccc6n(-c6ccccc6)c5c4)cccc32)cc1. The Labute approximate surface area is 408 Å². The molecule has 0 saturated carbocycles. The zero-order chi connectivity index (χ0) is 46.2. The van der Waals surface area contributed by atoms with Crippen LogP contribution in [0.2, 0.25) is 0 Å². The molecule has 70 heavy (non-hydrogen) atoms. The molecule has 11 aromatic carbocycles. The average Bonchev–Trinajstić information content (AvgIpc) is 4.04. The Morgan fingerprint density at radius 2 is 0.814 bits per heavy atom. The number of nitrogens with zero attached hydrogens (tertiary/aromatic N) is 3. The van der Waals surface area contributed by atoms with Gasteiger partial charge in [-0.25, -0.2) is 0 Å². The van der Waals surface area contributed by atoms with Crippen LogP contribution in [0.5, 0.6) is 0 Å². The third-order valence-corrected chi connectivity index (χ3v) is 14.8. The van der Waals surface area contributed by atoms with Gasteiger partial charge in [0.05, 0.1) is 33.5 Å². The van der Waals surface area contributed by atoms with Gasteiger partial charge in [-0.05, 0) is 112 Å². The summed E-state index contributed by atoms with van der Waals surface area (Å²) in [5, 5.41) is 2.46. The molecule has 3 nitrogen and oxygen atoms in total. The monoisotopic (exact) mass is 891 g/mol. The van der Waals surface area contributed by atoms with Gasteiger partial charge < -0.3 is 14.4 Å². The second kappa shape index (κ2) is 16.0. The van der Waals surface area contributed by atoms with Crippen LogP contribution >= 0.6 is 0 Å². The van der Waals surface area contributed by atoms with E-state index >= 15 is 0 Å². The molecule has 0 amide bonds. The van der Waals surface area contributed by atoms with Gasteiger partial charge in [-0.3, -0.25) is 0 Å². The van der Waals surface area contributed by atoms with Crippen molar-refractivity contribution in [3.8, 4) is 39.1 Å². The quantitative estimate of drug-likeness (QED) is 0.151. The van der Waals surface area contributed by atoms with Crippen LogP contribution in [0.3, 0.4) is 0 Å². The molecule has 328 valence electrons. The molecule has 1 spiro atoms. The molecule has 1 unspecified atom stereocenters. The van der Waals surface area contributed by atoms with Gasteiger partial charge in [0.2, 0.25) is 0 Å². The fourth-order valence-electron chi connectivity index (χ4n) is 12.1. The Bertz CT molecular complexity index is 3950. The zero-order valence-corrected chi connectivity index (χ0v) is 38.3. The Hall–Kier alpha value is -9.18. The van der Waals surface area contributed by atoms with Crippen molar-refractivity contribution in [3.63, 3.8) is 0 Å². The Balaban J connectivity index is 1.06. The van der Waals surface area contributed by atoms with Gasteiger partial charge in [0.25, 0.3) is 0 Å². The van der Waals surface area contributed by atoms with E-state index in [9.17, 15) is 0 Å². The second-order valence-corrected chi connectivity index (χ2v) is 18.4. The van der Waals surface area contributed by atoms with Crippen LogP contribution in [-0.4, -0.2) is 4.57 Å². The lowest BCUT2D eigenvalue weighted by molar-refractivity contribution is 0.793. The molecule has 0 fully saturated rings. The number of anilines is 6. The molecule has 3 heteroatoms. The molecular formula is C67H45N3. The van der Waals surface area contributed by atoms with Gasteiger partial charge in [0, 0.05) is 50.2 Å². The summed E-state index contributed by atoms with van der Waals surface area (Å²) in [7, 11) is 0. The maximum Gasteiger partial charge on any atom is 0.0746 e. The molecule has 2 aliphatic rings. The van der Waals surface area contributed by atoms with Gasteiger partial charge in [-0.1, -0.05) is 200 Å². The van der Waals surface area contributed by atoms with Gasteiger partial charge in [-0.15, -0.1) is 0 Å². The predicted molar refractivity (Wildman–Crippen MR) is 292 cm³/mol. The second-order valence-electron chi connectivity index (χ2n) is 18.4. The summed E-state index contributed by atoms with van der Waals surface area (Å²) in [6.07, 6.45) is 0. The minimum Gasteiger partial charge on any atom is -0.310 e. The summed E-state index contributed by atoms with van der Waals surface area (Å²) < 4.78 is 2.42. The summed E-state index contributed by atoms with van der Waals surface area (Å²) in [5.74, 6) is 0. The first-order valence-corrected chi connectivity index (χ1v) is 24.2. The maximum atomic E-state index is 2.51. The van der Waals surface area contributed by atoms with E-state index in [-0.39, 0.29) is 0 Å². The van der Waals surface area contributed by atoms with Crippen LogP contribution in [-0.2, 0) is 5.41 Å². The number of fused-ring (bicyclic) bond motifs is 13. The van der Waals surface area contributed by atoms with Gasteiger partial charge in [0.15, 0.2) is 0 Å². The van der Waals surface area contributed by atoms with Gasteiger partial charge >= 0.3 is 0 Å². The molecule has 1 heterocycles. The molecule has 0 saturated heterocycles. The van der Waals surface area contributed by atoms with Crippen LogP contribution in [0, 0.1) is 0 Å². The van der Waals surface area contributed by atoms with E-state index in [2.05, 4.69) is 287 Å². The van der Waals surface area contributed by atoms with Crippen molar-refractivity contribution >= 4 is 55.9 Å². The smallest absolute Gasteiger partial charge is 0.0746 e. The van der Waals surface area contributed by atoms with E-state index in [0.29, 0.717) is 0 Å². The first-order valence-electron chi connectivity index (χ1n) is 24.2. The largest absolute Gasteiger partial charge is 0.310 e. The highest BCUT2D eigenvalue weighted by atomic mass is 15.2. The van der Waals surface area contributed by atoms with E-state index in [0.717, 1.165) is 45.3 Å². The van der Waals surface area contributed by atoms with Crippen LogP contribution in [0.1, 0.15) is 22.3 Å². The fraction of sp³-hybridized carbons (Fsp3) is 0.0149. The maximum absolute atomic E-state index is 2.51. The topological polar surface area (TPSA) is 11.4 Å². The van der Waals surface area contributed by atoms with E-state index in [4.69, 9.17) is 0 Å². The molecule has 1 aromatic heterocycles. The molecule has 1 atom stereocenters. The van der Waals surface area contributed by atoms with E-state index in [1.165, 1.54) is 71.9 Å². The Morgan fingerprint density at radius 1 is 0.300 bits per heavy atom. The number of rotatable bonds is 8. The molecule has 0 radical (unpaired) electrons. The van der Waals surface area contributed by atoms with Gasteiger partial charge in [-0.2, -0.15) is 0 Å². The molecule has 12 aromatic rings. The van der Waals surface area contributed by atoms with Crippen molar-refractivity contribution in [1.29, 1.82) is 0 Å². The zero-order valence-electron chi connectivity index (χ0n) is 38.3. The number of hydrogen-bond acceptors (Lipinski definition) is 2. The average molecular weight is 892 g/mol. The summed E-state index contributed by atoms with van der Waals surface area (Å²) in [5.41, 5.74) is 22.0. The van der Waals surface area contributed by atoms with Crippen LogP contribution in [0.15, 0.2) is 273 Å². The van der Waals surface area contributed by atoms with Crippen molar-refractivity contribution in [2.75, 3.05) is 9.80 Å². The van der Waals surface area contributed by atoms with Crippen LogP contribution in [0.4, 0.5) is 34.1 Å². The fourth-order valence-corrected chi connectivity index (χ4v) is 12.1. The standard InChI is InChI=1S/C67H45N3/c1-5-23-46(24-6-1)51-31-15-19-39-60(51)69(48-27-9-3-10-28-48)63-42-21-35-55-52-32-13-17-36-57(52)67(66(55)63)58-37-18-14-34-56(58)65-59(67)38-22-41-62(65)68(47-25-7-2-8-26-47)50-43-44-54-53-33-16-20-40-61(53)70(64(54)45-50)49-29-11-4-12-30-49/h1-45H. The lowest BCUT2D eigenvalue weighted by Crippen LogP contribution is -2.28. The number of aromatic nitrogens is 1. The first kappa shape index (κ1) is 39.9. The highest BCUT2D eigenvalue weighted by Crippen LogP contribution is 2.67. The van der Waals surface area contributed by atoms with Crippen LogP contribution < -0.4 is 9.80 Å². The minimum atomic E-state index is -0.661. The summed E-state index contributed by atoms with van der Waals surface area (Å²) in [6, 6.07) is 100. The van der Waals surface area contributed by atoms with E-state index in [1.807, 2.05) is 0 Å². The van der Waals surface area contributed by atoms with Crippen LogP contribution in [0.25, 0.3) is 60.9 Å². The molecule has 0 N–H and O–H groups in total. The lowest BCUT2D eigenvalue weighted by atomic mass is 9.70. The summed E-state index contributed by atoms with van der Waals surface area (Å²) in [4.78, 5) is 5.00. The number of hydrogen-bond donors (Lipinski definition) is 0. The Morgan fingerprint density at radius 3 is 1.57 bits per heavy atom. The third-order valence-electron chi connectivity index (χ3n) is 14.8. The molecule has 0 aliphatic heterocycles. The highest BCUT2D eigenvalue weighted by Gasteiger charge is 2.54. The van der Waals surface area contributed by atoms with Gasteiger partial charge in [0.1, 0.15) is 0 Å². The first-order chi connectivity index (χ1) is 34.8. The number of benzene rings is 11. The lowest BCUT2D eigenvalue weighted by Gasteiger charge is -2.36. The summed E-state index contributed by atoms with van der Waals surface area (Å²) in [6.45, 7) is 0. The van der Waals surface area contributed by atoms with Crippen molar-refractivity contribution in [2.24, 2.45) is 0 Å². The molecule has 0 bridgehead atoms. The Kier molecular flexibility index (Phi) is 9.11. The van der Waals surface area contributed by atoms with Crippen molar-refractivity contribution in [3.05, 3.63) is 295 Å². The molecule has 2 aliphatic carbocycles. The van der Waals surface area contributed by atoms with Crippen molar-refractivity contribution in [1.82, 2.24) is 4.57 Å². The molecular weight excluding hydrogens is 847 g/mol. The van der Waals surface area contributed by atoms with Crippen molar-refractivity contribution in [2.45, 2.75) is 5.41 Å². The molecule has 14 rings (SSSR count). The summed E-state index contributed by atoms with van der Waals surface area (Å²) >= 11 is 0. The highest BCUT2D eigenvalue weighted by molar-refractivity contribution is 6.11. The predicted octanol–water partition coefficient (Wildman–Crippen LogP) is 17.7. The van der Waals surface area contributed by atoms with Crippen molar-refractivity contribution < 1.29 is 0 Å². The number of para-hydroxylation sites is 5. The van der Waals surface area contributed by atoms with E-state index in [1.54, 1.807) is 0 Å². The van der Waals surface area contributed by atoms with E-state index < -0.39 is 5.41 Å².